The number of piperazine rings is 1. The highest BCUT2D eigenvalue weighted by atomic mass is 16.2. The number of para-hydroxylation sites is 1. The first-order valence-corrected chi connectivity index (χ1v) is 7.89. The summed E-state index contributed by atoms with van der Waals surface area (Å²) in [6, 6.07) is 8.98. The van der Waals surface area contributed by atoms with Gasteiger partial charge in [-0.2, -0.15) is 5.10 Å². The minimum absolute atomic E-state index is 0.0713. The van der Waals surface area contributed by atoms with Crippen molar-refractivity contribution in [1.29, 1.82) is 0 Å². The summed E-state index contributed by atoms with van der Waals surface area (Å²) in [5, 5.41) is 14.7. The number of piperidine rings is 1. The molecule has 0 unspecified atom stereocenters. The molecule has 4 rings (SSSR count). The second-order valence-corrected chi connectivity index (χ2v) is 6.39. The van der Waals surface area contributed by atoms with E-state index in [9.17, 15) is 4.79 Å². The maximum Gasteiger partial charge on any atom is 0.272 e. The Balaban J connectivity index is 1.50. The number of likely N-dealkylation sites (N-methyl/N-ethyl adjacent to an activating group) is 1. The van der Waals surface area contributed by atoms with Crippen molar-refractivity contribution < 1.29 is 4.79 Å². The molecule has 6 heteroatoms. The van der Waals surface area contributed by atoms with Crippen LogP contribution in [0.25, 0.3) is 10.9 Å². The molecular formula is C16H21N5O. The van der Waals surface area contributed by atoms with Crippen LogP contribution in [0.2, 0.25) is 0 Å². The Morgan fingerprint density at radius 3 is 2.77 bits per heavy atom. The summed E-state index contributed by atoms with van der Waals surface area (Å²) in [4.78, 5) is 15.0. The SMILES string of the molecule is CN1[C@@H]2CNC[C@H]1C[C@@H](NC(=O)c1n[nH]c3ccccc13)C2. The van der Waals surface area contributed by atoms with Gasteiger partial charge in [0.15, 0.2) is 5.69 Å². The normalized spacial score (nSPS) is 28.7. The molecule has 0 radical (unpaired) electrons. The highest BCUT2D eigenvalue weighted by Gasteiger charge is 2.36. The van der Waals surface area contributed by atoms with Crippen LogP contribution in [-0.2, 0) is 0 Å². The van der Waals surface area contributed by atoms with Gasteiger partial charge in [0.1, 0.15) is 0 Å². The zero-order valence-corrected chi connectivity index (χ0v) is 12.7. The average Bonchev–Trinajstić information content (AvgIpc) is 2.92. The lowest BCUT2D eigenvalue weighted by atomic mass is 9.89. The number of nitrogens with one attached hydrogen (secondary N) is 3. The Kier molecular flexibility index (Phi) is 3.35. The molecule has 0 spiro atoms. The van der Waals surface area contributed by atoms with Crippen molar-refractivity contribution in [3.8, 4) is 0 Å². The number of aromatic nitrogens is 2. The van der Waals surface area contributed by atoms with Gasteiger partial charge in [-0.25, -0.2) is 0 Å². The molecule has 3 N–H and O–H groups in total. The third kappa shape index (κ3) is 2.28. The maximum absolute atomic E-state index is 12.6. The van der Waals surface area contributed by atoms with Gasteiger partial charge in [-0.15, -0.1) is 0 Å². The summed E-state index contributed by atoms with van der Waals surface area (Å²) in [5.41, 5.74) is 1.40. The lowest BCUT2D eigenvalue weighted by Crippen LogP contribution is -2.62. The standard InChI is InChI=1S/C16H21N5O/c1-21-11-6-10(7-12(21)9-17-8-11)18-16(22)15-13-4-2-3-5-14(13)19-20-15/h2-5,10-12,17H,6-9H2,1H3,(H,18,22)(H,19,20)/t10-,11-,12+. The summed E-state index contributed by atoms with van der Waals surface area (Å²) < 4.78 is 0. The average molecular weight is 299 g/mol. The van der Waals surface area contributed by atoms with Crippen LogP contribution in [0.1, 0.15) is 23.3 Å². The molecule has 1 aromatic heterocycles. The van der Waals surface area contributed by atoms with Crippen molar-refractivity contribution >= 4 is 16.8 Å². The summed E-state index contributed by atoms with van der Waals surface area (Å²) in [6.45, 7) is 2.01. The largest absolute Gasteiger partial charge is 0.348 e. The summed E-state index contributed by atoms with van der Waals surface area (Å²) >= 11 is 0. The van der Waals surface area contributed by atoms with E-state index in [4.69, 9.17) is 0 Å². The second kappa shape index (κ2) is 5.37. The van der Waals surface area contributed by atoms with E-state index in [1.807, 2.05) is 24.3 Å². The molecule has 2 fully saturated rings. The van der Waals surface area contributed by atoms with Crippen LogP contribution in [0.5, 0.6) is 0 Å². The number of aromatic amines is 1. The van der Waals surface area contributed by atoms with E-state index >= 15 is 0 Å². The highest BCUT2D eigenvalue weighted by molar-refractivity contribution is 6.04. The smallest absolute Gasteiger partial charge is 0.272 e. The first-order valence-electron chi connectivity index (χ1n) is 7.89. The number of hydrogen-bond acceptors (Lipinski definition) is 4. The van der Waals surface area contributed by atoms with Crippen LogP contribution in [0.15, 0.2) is 24.3 Å². The van der Waals surface area contributed by atoms with Crippen molar-refractivity contribution in [3.63, 3.8) is 0 Å². The van der Waals surface area contributed by atoms with Crippen LogP contribution in [0.4, 0.5) is 0 Å². The topological polar surface area (TPSA) is 73.0 Å². The number of nitrogens with zero attached hydrogens (tertiary/aromatic N) is 2. The summed E-state index contributed by atoms with van der Waals surface area (Å²) in [7, 11) is 2.19. The monoisotopic (exact) mass is 299 g/mol. The molecule has 2 aliphatic heterocycles. The van der Waals surface area contributed by atoms with Crippen molar-refractivity contribution in [1.82, 2.24) is 25.7 Å². The van der Waals surface area contributed by atoms with E-state index in [-0.39, 0.29) is 11.9 Å². The van der Waals surface area contributed by atoms with Gasteiger partial charge in [0.05, 0.1) is 5.52 Å². The van der Waals surface area contributed by atoms with E-state index in [0.29, 0.717) is 17.8 Å². The molecular weight excluding hydrogens is 278 g/mol. The zero-order chi connectivity index (χ0) is 15.1. The third-order valence-corrected chi connectivity index (χ3v) is 5.05. The van der Waals surface area contributed by atoms with Gasteiger partial charge in [-0.05, 0) is 26.0 Å². The molecule has 3 heterocycles. The number of amides is 1. The molecule has 3 atom stereocenters. The van der Waals surface area contributed by atoms with Crippen molar-refractivity contribution in [2.24, 2.45) is 0 Å². The lowest BCUT2D eigenvalue weighted by molar-refractivity contribution is 0.0568. The van der Waals surface area contributed by atoms with Gasteiger partial charge in [0, 0.05) is 36.6 Å². The molecule has 2 aliphatic rings. The van der Waals surface area contributed by atoms with E-state index in [1.54, 1.807) is 0 Å². The predicted octanol–water partition coefficient (Wildman–Crippen LogP) is 0.727. The van der Waals surface area contributed by atoms with Crippen molar-refractivity contribution in [3.05, 3.63) is 30.0 Å². The van der Waals surface area contributed by atoms with Gasteiger partial charge < -0.3 is 10.6 Å². The minimum atomic E-state index is -0.0713. The van der Waals surface area contributed by atoms with Crippen LogP contribution >= 0.6 is 0 Å². The zero-order valence-electron chi connectivity index (χ0n) is 12.7. The number of hydrogen-bond donors (Lipinski definition) is 3. The Hall–Kier alpha value is -1.92. The second-order valence-electron chi connectivity index (χ2n) is 6.39. The molecule has 1 aromatic carbocycles. The Morgan fingerprint density at radius 2 is 2.00 bits per heavy atom. The highest BCUT2D eigenvalue weighted by Crippen LogP contribution is 2.24. The first-order chi connectivity index (χ1) is 10.7. The van der Waals surface area contributed by atoms with Gasteiger partial charge in [0.25, 0.3) is 5.91 Å². The molecule has 2 bridgehead atoms. The third-order valence-electron chi connectivity index (χ3n) is 5.05. The minimum Gasteiger partial charge on any atom is -0.348 e. The van der Waals surface area contributed by atoms with Gasteiger partial charge in [0.2, 0.25) is 0 Å². The predicted molar refractivity (Wildman–Crippen MR) is 84.8 cm³/mol. The van der Waals surface area contributed by atoms with Crippen molar-refractivity contribution in [2.45, 2.75) is 31.0 Å². The number of rotatable bonds is 2. The Labute approximate surface area is 129 Å². The molecule has 116 valence electrons. The molecule has 0 saturated carbocycles. The molecule has 6 nitrogen and oxygen atoms in total. The maximum atomic E-state index is 12.6. The summed E-state index contributed by atoms with van der Waals surface area (Å²) in [5.74, 6) is -0.0713. The van der Waals surface area contributed by atoms with Gasteiger partial charge in [-0.1, -0.05) is 18.2 Å². The fourth-order valence-electron chi connectivity index (χ4n) is 3.76. The first kappa shape index (κ1) is 13.7. The summed E-state index contributed by atoms with van der Waals surface area (Å²) in [6.07, 6.45) is 1.99. The van der Waals surface area contributed by atoms with Crippen LogP contribution in [0.3, 0.4) is 0 Å². The van der Waals surface area contributed by atoms with E-state index in [1.165, 1.54) is 0 Å². The number of carbonyl (C=O) groups excluding carboxylic acids is 1. The molecule has 0 aliphatic carbocycles. The number of benzene rings is 1. The number of fused-ring (bicyclic) bond motifs is 3. The molecule has 1 amide bonds. The lowest BCUT2D eigenvalue weighted by Gasteiger charge is -2.47. The Bertz CT molecular complexity index is 683. The van der Waals surface area contributed by atoms with E-state index < -0.39 is 0 Å². The van der Waals surface area contributed by atoms with Crippen molar-refractivity contribution in [2.75, 3.05) is 20.1 Å². The number of carbonyl (C=O) groups is 1. The molecule has 2 aromatic rings. The molecule has 2 saturated heterocycles. The number of H-pyrrole nitrogens is 1. The fourth-order valence-corrected chi connectivity index (χ4v) is 3.76. The van der Waals surface area contributed by atoms with E-state index in [0.717, 1.165) is 36.8 Å². The van der Waals surface area contributed by atoms with Crippen LogP contribution < -0.4 is 10.6 Å². The Morgan fingerprint density at radius 1 is 1.27 bits per heavy atom. The molecule has 22 heavy (non-hydrogen) atoms. The quantitative estimate of drug-likeness (QED) is 0.764. The van der Waals surface area contributed by atoms with E-state index in [2.05, 4.69) is 32.8 Å². The van der Waals surface area contributed by atoms with Gasteiger partial charge in [-0.3, -0.25) is 14.8 Å². The van der Waals surface area contributed by atoms with Gasteiger partial charge >= 0.3 is 0 Å². The van der Waals surface area contributed by atoms with Crippen LogP contribution in [0, 0.1) is 0 Å². The van der Waals surface area contributed by atoms with Crippen LogP contribution in [-0.4, -0.2) is 59.3 Å². The fraction of sp³-hybridized carbons (Fsp3) is 0.500.